The zero-order valence-electron chi connectivity index (χ0n) is 9.64. The van der Waals surface area contributed by atoms with E-state index in [9.17, 15) is 0 Å². The summed E-state index contributed by atoms with van der Waals surface area (Å²) in [5.74, 6) is 2.60. The average Bonchev–Trinajstić information content (AvgIpc) is 2.56. The molecule has 0 heterocycles. The second kappa shape index (κ2) is 4.99. The van der Waals surface area contributed by atoms with Crippen LogP contribution >= 0.6 is 0 Å². The fourth-order valence-electron chi connectivity index (χ4n) is 2.98. The Morgan fingerprint density at radius 3 is 2.00 bits per heavy atom. The number of rotatable bonds is 4. The molecule has 1 aliphatic rings. The summed E-state index contributed by atoms with van der Waals surface area (Å²) in [7, 11) is 2.11. The molecule has 78 valence electrons. The van der Waals surface area contributed by atoms with Gasteiger partial charge < -0.3 is 5.32 Å². The van der Waals surface area contributed by atoms with E-state index in [1.54, 1.807) is 0 Å². The van der Waals surface area contributed by atoms with Gasteiger partial charge in [-0.25, -0.2) is 0 Å². The van der Waals surface area contributed by atoms with E-state index < -0.39 is 0 Å². The van der Waals surface area contributed by atoms with Crippen LogP contribution < -0.4 is 5.32 Å². The largest absolute Gasteiger partial charge is 0.316 e. The third-order valence-corrected chi connectivity index (χ3v) is 3.76. The van der Waals surface area contributed by atoms with Crippen molar-refractivity contribution in [2.45, 2.75) is 52.5 Å². The minimum absolute atomic E-state index is 0.711. The quantitative estimate of drug-likeness (QED) is 0.706. The molecular weight excluding hydrogens is 158 g/mol. The Balaban J connectivity index is 2.46. The molecule has 0 bridgehead atoms. The van der Waals surface area contributed by atoms with Gasteiger partial charge in [0.25, 0.3) is 0 Å². The van der Waals surface area contributed by atoms with Gasteiger partial charge in [-0.1, -0.05) is 46.5 Å². The lowest BCUT2D eigenvalue weighted by Crippen LogP contribution is -2.39. The molecule has 1 saturated carbocycles. The molecule has 0 amide bonds. The molecule has 0 aliphatic heterocycles. The lowest BCUT2D eigenvalue weighted by molar-refractivity contribution is 0.234. The summed E-state index contributed by atoms with van der Waals surface area (Å²) in [4.78, 5) is 0. The standard InChI is InChI=1S/C12H25N/c1-9(2)12(13-4)10(3)11-7-5-6-8-11/h9-13H,5-8H2,1-4H3. The molecule has 2 atom stereocenters. The van der Waals surface area contributed by atoms with Gasteiger partial charge in [-0.3, -0.25) is 0 Å². The van der Waals surface area contributed by atoms with Gasteiger partial charge >= 0.3 is 0 Å². The highest BCUT2D eigenvalue weighted by atomic mass is 14.9. The summed E-state index contributed by atoms with van der Waals surface area (Å²) in [6.45, 7) is 7.08. The van der Waals surface area contributed by atoms with Crippen LogP contribution in [0.25, 0.3) is 0 Å². The molecule has 1 N–H and O–H groups in total. The van der Waals surface area contributed by atoms with Crippen LogP contribution in [0.1, 0.15) is 46.5 Å². The Labute approximate surface area is 83.3 Å². The van der Waals surface area contributed by atoms with Gasteiger partial charge in [0.2, 0.25) is 0 Å². The van der Waals surface area contributed by atoms with Crippen molar-refractivity contribution in [3.63, 3.8) is 0 Å². The van der Waals surface area contributed by atoms with E-state index in [1.165, 1.54) is 25.7 Å². The van der Waals surface area contributed by atoms with E-state index in [4.69, 9.17) is 0 Å². The summed E-state index contributed by atoms with van der Waals surface area (Å²) in [6.07, 6.45) is 5.85. The Bertz CT molecular complexity index is 136. The van der Waals surface area contributed by atoms with E-state index >= 15 is 0 Å². The van der Waals surface area contributed by atoms with Crippen molar-refractivity contribution in [1.82, 2.24) is 5.32 Å². The van der Waals surface area contributed by atoms with Gasteiger partial charge in [0.15, 0.2) is 0 Å². The molecule has 1 heteroatoms. The molecule has 0 aromatic carbocycles. The Morgan fingerprint density at radius 1 is 1.08 bits per heavy atom. The first kappa shape index (κ1) is 11.0. The summed E-state index contributed by atoms with van der Waals surface area (Å²) in [5, 5.41) is 3.48. The normalized spacial score (nSPS) is 23.8. The maximum absolute atomic E-state index is 3.48. The molecule has 0 radical (unpaired) electrons. The number of nitrogens with one attached hydrogen (secondary N) is 1. The predicted octanol–water partition coefficient (Wildman–Crippen LogP) is 3.06. The monoisotopic (exact) mass is 183 g/mol. The number of hydrogen-bond donors (Lipinski definition) is 1. The van der Waals surface area contributed by atoms with Crippen LogP contribution in [0.2, 0.25) is 0 Å². The highest BCUT2D eigenvalue weighted by Gasteiger charge is 2.28. The Morgan fingerprint density at radius 2 is 1.62 bits per heavy atom. The molecule has 1 fully saturated rings. The van der Waals surface area contributed by atoms with Crippen LogP contribution in [0.15, 0.2) is 0 Å². The first-order chi connectivity index (χ1) is 6.16. The summed E-state index contributed by atoms with van der Waals surface area (Å²) < 4.78 is 0. The fraction of sp³-hybridized carbons (Fsp3) is 1.00. The Kier molecular flexibility index (Phi) is 4.24. The van der Waals surface area contributed by atoms with E-state index in [0.29, 0.717) is 6.04 Å². The topological polar surface area (TPSA) is 12.0 Å². The first-order valence-electron chi connectivity index (χ1n) is 5.84. The van der Waals surface area contributed by atoms with Gasteiger partial charge in [0, 0.05) is 6.04 Å². The summed E-state index contributed by atoms with van der Waals surface area (Å²) in [6, 6.07) is 0.711. The van der Waals surface area contributed by atoms with Crippen LogP contribution in [-0.4, -0.2) is 13.1 Å². The number of hydrogen-bond acceptors (Lipinski definition) is 1. The van der Waals surface area contributed by atoms with Crippen LogP contribution in [-0.2, 0) is 0 Å². The zero-order valence-corrected chi connectivity index (χ0v) is 9.64. The van der Waals surface area contributed by atoms with Crippen molar-refractivity contribution in [3.05, 3.63) is 0 Å². The molecule has 1 aliphatic carbocycles. The van der Waals surface area contributed by atoms with Crippen LogP contribution in [0.5, 0.6) is 0 Å². The molecule has 13 heavy (non-hydrogen) atoms. The second-order valence-corrected chi connectivity index (χ2v) is 4.96. The molecule has 1 rings (SSSR count). The molecule has 0 aromatic rings. The van der Waals surface area contributed by atoms with Gasteiger partial charge in [-0.2, -0.15) is 0 Å². The maximum Gasteiger partial charge on any atom is 0.0115 e. The van der Waals surface area contributed by atoms with Crippen molar-refractivity contribution in [2.24, 2.45) is 17.8 Å². The minimum Gasteiger partial charge on any atom is -0.316 e. The van der Waals surface area contributed by atoms with E-state index in [1.807, 2.05) is 0 Å². The molecule has 0 spiro atoms. The molecular formula is C12H25N. The summed E-state index contributed by atoms with van der Waals surface area (Å²) >= 11 is 0. The highest BCUT2D eigenvalue weighted by Crippen LogP contribution is 2.34. The third-order valence-electron chi connectivity index (χ3n) is 3.76. The molecule has 0 aromatic heterocycles. The maximum atomic E-state index is 3.48. The van der Waals surface area contributed by atoms with Gasteiger partial charge in [0.1, 0.15) is 0 Å². The fourth-order valence-corrected chi connectivity index (χ4v) is 2.98. The van der Waals surface area contributed by atoms with Gasteiger partial charge in [0.05, 0.1) is 0 Å². The third kappa shape index (κ3) is 2.70. The van der Waals surface area contributed by atoms with E-state index in [-0.39, 0.29) is 0 Å². The van der Waals surface area contributed by atoms with Crippen molar-refractivity contribution < 1.29 is 0 Å². The van der Waals surface area contributed by atoms with Crippen LogP contribution in [0.4, 0.5) is 0 Å². The van der Waals surface area contributed by atoms with E-state index in [0.717, 1.165) is 17.8 Å². The first-order valence-corrected chi connectivity index (χ1v) is 5.84. The lowest BCUT2D eigenvalue weighted by atomic mass is 9.81. The average molecular weight is 183 g/mol. The van der Waals surface area contributed by atoms with Crippen molar-refractivity contribution in [1.29, 1.82) is 0 Å². The zero-order chi connectivity index (χ0) is 9.84. The highest BCUT2D eigenvalue weighted by molar-refractivity contribution is 4.82. The summed E-state index contributed by atoms with van der Waals surface area (Å²) in [5.41, 5.74) is 0. The SMILES string of the molecule is CNC(C(C)C)C(C)C1CCCC1. The second-order valence-electron chi connectivity index (χ2n) is 4.96. The molecule has 2 unspecified atom stereocenters. The van der Waals surface area contributed by atoms with Crippen molar-refractivity contribution >= 4 is 0 Å². The van der Waals surface area contributed by atoms with Gasteiger partial charge in [-0.05, 0) is 24.8 Å². The molecule has 0 saturated heterocycles. The lowest BCUT2D eigenvalue weighted by Gasteiger charge is -2.31. The Hall–Kier alpha value is -0.0400. The minimum atomic E-state index is 0.711. The van der Waals surface area contributed by atoms with Crippen LogP contribution in [0.3, 0.4) is 0 Å². The van der Waals surface area contributed by atoms with Crippen LogP contribution in [0, 0.1) is 17.8 Å². The van der Waals surface area contributed by atoms with Crippen molar-refractivity contribution in [3.8, 4) is 0 Å². The smallest absolute Gasteiger partial charge is 0.0115 e. The molecule has 1 nitrogen and oxygen atoms in total. The van der Waals surface area contributed by atoms with Gasteiger partial charge in [-0.15, -0.1) is 0 Å². The van der Waals surface area contributed by atoms with Crippen molar-refractivity contribution in [2.75, 3.05) is 7.05 Å². The predicted molar refractivity (Wildman–Crippen MR) is 58.8 cm³/mol. The van der Waals surface area contributed by atoms with E-state index in [2.05, 4.69) is 33.1 Å².